The number of methoxy groups -OCH3 is 2. The third kappa shape index (κ3) is 11.0. The molecular formula is C38H36N6O14S4. The maximum absolute atomic E-state index is 13.2. The molecule has 0 saturated carbocycles. The number of phenols is 1. The van der Waals surface area contributed by atoms with E-state index in [1.54, 1.807) is 30.3 Å². The molecule has 0 aliphatic rings. The molecule has 5 N–H and O–H groups in total. The molecule has 0 atom stereocenters. The first-order chi connectivity index (χ1) is 29.1. The van der Waals surface area contributed by atoms with Gasteiger partial charge in [0, 0.05) is 41.1 Å². The first-order valence-corrected chi connectivity index (χ1v) is 23.6. The summed E-state index contributed by atoms with van der Waals surface area (Å²) in [5, 5.41) is 34.4. The van der Waals surface area contributed by atoms with E-state index in [-0.39, 0.29) is 62.8 Å². The molecule has 0 saturated heterocycles. The van der Waals surface area contributed by atoms with Gasteiger partial charge in [-0.3, -0.25) is 13.9 Å². The number of aromatic hydroxyl groups is 1. The molecule has 0 heterocycles. The molecule has 5 aromatic rings. The number of ether oxygens (including phenoxy) is 2. The van der Waals surface area contributed by atoms with Gasteiger partial charge in [-0.15, -0.1) is 20.5 Å². The molecule has 0 spiro atoms. The predicted molar refractivity (Wildman–Crippen MR) is 229 cm³/mol. The second kappa shape index (κ2) is 18.6. The molecule has 0 aromatic heterocycles. The number of carbonyl (C=O) groups is 1. The summed E-state index contributed by atoms with van der Waals surface area (Å²) in [6.45, 7) is 6.53. The topological polar surface area (TPSA) is 306 Å². The lowest BCUT2D eigenvalue weighted by Gasteiger charge is -2.14. The Morgan fingerprint density at radius 1 is 0.710 bits per heavy atom. The van der Waals surface area contributed by atoms with Crippen molar-refractivity contribution in [2.24, 2.45) is 20.5 Å². The average Bonchev–Trinajstić information content (AvgIpc) is 3.21. The fraction of sp³-hybridized carbons (Fsp3) is 0.132. The summed E-state index contributed by atoms with van der Waals surface area (Å²) < 4.78 is 130. The molecule has 20 nitrogen and oxygen atoms in total. The van der Waals surface area contributed by atoms with E-state index in [2.05, 4.69) is 44.2 Å². The molecule has 0 aliphatic carbocycles. The Hall–Kier alpha value is -6.57. The van der Waals surface area contributed by atoms with Crippen LogP contribution in [0, 0.1) is 0 Å². The molecule has 0 aliphatic heterocycles. The van der Waals surface area contributed by atoms with E-state index < -0.39 is 78.5 Å². The van der Waals surface area contributed by atoms with Crippen molar-refractivity contribution in [3.05, 3.63) is 103 Å². The Morgan fingerprint density at radius 2 is 1.37 bits per heavy atom. The van der Waals surface area contributed by atoms with E-state index in [9.17, 15) is 52.7 Å². The summed E-state index contributed by atoms with van der Waals surface area (Å²) in [6.07, 6.45) is -0.537. The SMILES string of the molecule is C=CS(=O)(=O)CCCC(=O)Nc1cc(/N=N/c2c(Nc3ccccc3)ccc3cc(S(=O)(=O)O)cc(O)c23)c(S(=O)(=O)O)cc1/N=N/c1cc(OC)c(S(=O)(=O)C=C)cc1OC. The molecule has 5 aromatic carbocycles. The number of benzene rings is 5. The molecule has 0 radical (unpaired) electrons. The summed E-state index contributed by atoms with van der Waals surface area (Å²) in [5.74, 6) is -2.25. The molecular weight excluding hydrogens is 893 g/mol. The van der Waals surface area contributed by atoms with Crippen molar-refractivity contribution in [2.45, 2.75) is 27.5 Å². The third-order valence-corrected chi connectivity index (χ3v) is 13.1. The van der Waals surface area contributed by atoms with Crippen LogP contribution in [-0.2, 0) is 44.7 Å². The zero-order valence-electron chi connectivity index (χ0n) is 32.5. The number of hydrogen-bond donors (Lipinski definition) is 5. The first kappa shape index (κ1) is 46.5. The van der Waals surface area contributed by atoms with Crippen LogP contribution in [-0.4, -0.2) is 73.8 Å². The summed E-state index contributed by atoms with van der Waals surface area (Å²) in [6, 6.07) is 17.1. The van der Waals surface area contributed by atoms with E-state index in [0.29, 0.717) is 11.1 Å². The number of anilines is 3. The van der Waals surface area contributed by atoms with Crippen LogP contribution in [0.5, 0.6) is 17.2 Å². The number of azo groups is 2. The minimum Gasteiger partial charge on any atom is -0.507 e. The number of nitrogens with one attached hydrogen (secondary N) is 2. The molecule has 1 amide bonds. The van der Waals surface area contributed by atoms with Crippen molar-refractivity contribution in [1.82, 2.24) is 0 Å². The highest BCUT2D eigenvalue weighted by molar-refractivity contribution is 7.94. The number of carbonyl (C=O) groups excluding carboxylic acids is 1. The molecule has 5 rings (SSSR count). The zero-order chi connectivity index (χ0) is 45.6. The van der Waals surface area contributed by atoms with E-state index in [1.807, 2.05) is 0 Å². The monoisotopic (exact) mass is 928 g/mol. The lowest BCUT2D eigenvalue weighted by atomic mass is 10.1. The number of fused-ring (bicyclic) bond motifs is 1. The van der Waals surface area contributed by atoms with Crippen LogP contribution < -0.4 is 20.1 Å². The fourth-order valence-electron chi connectivity index (χ4n) is 5.64. The van der Waals surface area contributed by atoms with Crippen molar-refractivity contribution in [1.29, 1.82) is 0 Å². The van der Waals surface area contributed by atoms with Crippen LogP contribution in [0.25, 0.3) is 10.8 Å². The van der Waals surface area contributed by atoms with Gasteiger partial charge in [0.25, 0.3) is 20.2 Å². The van der Waals surface area contributed by atoms with E-state index in [0.717, 1.165) is 41.8 Å². The van der Waals surface area contributed by atoms with Crippen LogP contribution in [0.4, 0.5) is 39.8 Å². The van der Waals surface area contributed by atoms with E-state index >= 15 is 0 Å². The van der Waals surface area contributed by atoms with Crippen molar-refractivity contribution < 1.29 is 62.2 Å². The van der Waals surface area contributed by atoms with Gasteiger partial charge in [-0.2, -0.15) is 16.8 Å². The first-order valence-electron chi connectivity index (χ1n) is 17.5. The normalized spacial score (nSPS) is 12.4. The van der Waals surface area contributed by atoms with Crippen molar-refractivity contribution in [3.63, 3.8) is 0 Å². The van der Waals surface area contributed by atoms with Gasteiger partial charge in [0.15, 0.2) is 9.84 Å². The summed E-state index contributed by atoms with van der Waals surface area (Å²) in [4.78, 5) is 11.3. The zero-order valence-corrected chi connectivity index (χ0v) is 35.7. The van der Waals surface area contributed by atoms with Crippen LogP contribution in [0.2, 0.25) is 0 Å². The highest BCUT2D eigenvalue weighted by atomic mass is 32.2. The van der Waals surface area contributed by atoms with Gasteiger partial charge in [-0.05, 0) is 48.2 Å². The average molecular weight is 929 g/mol. The fourth-order valence-corrected chi connectivity index (χ4v) is 8.39. The highest BCUT2D eigenvalue weighted by Crippen LogP contribution is 2.45. The van der Waals surface area contributed by atoms with Crippen LogP contribution in [0.1, 0.15) is 12.8 Å². The molecule has 0 fully saturated rings. The Balaban J connectivity index is 1.73. The number of sulfone groups is 2. The maximum atomic E-state index is 13.2. The van der Waals surface area contributed by atoms with Crippen LogP contribution >= 0.6 is 0 Å². The van der Waals surface area contributed by atoms with Gasteiger partial charge in [-0.25, -0.2) is 16.8 Å². The Bertz CT molecular complexity index is 3120. The lowest BCUT2D eigenvalue weighted by Crippen LogP contribution is -2.13. The second-order valence-electron chi connectivity index (χ2n) is 12.8. The molecule has 326 valence electrons. The number of phenolic OH excluding ortho intramolecular Hbond substituents is 1. The Labute approximate surface area is 355 Å². The number of para-hydroxylation sites is 1. The van der Waals surface area contributed by atoms with E-state index in [4.69, 9.17) is 9.47 Å². The second-order valence-corrected chi connectivity index (χ2v) is 19.5. The number of nitrogens with zero attached hydrogens (tertiary/aromatic N) is 4. The van der Waals surface area contributed by atoms with Gasteiger partial charge < -0.3 is 25.2 Å². The number of rotatable bonds is 18. The predicted octanol–water partition coefficient (Wildman–Crippen LogP) is 7.82. The van der Waals surface area contributed by atoms with Gasteiger partial charge in [0.2, 0.25) is 15.7 Å². The number of amides is 1. The molecule has 62 heavy (non-hydrogen) atoms. The minimum absolute atomic E-state index is 0.0459. The Kier molecular flexibility index (Phi) is 13.9. The maximum Gasteiger partial charge on any atom is 0.296 e. The van der Waals surface area contributed by atoms with Crippen molar-refractivity contribution in [2.75, 3.05) is 30.6 Å². The van der Waals surface area contributed by atoms with Gasteiger partial charge in [-0.1, -0.05) is 37.4 Å². The van der Waals surface area contributed by atoms with Crippen LogP contribution in [0.15, 0.2) is 138 Å². The quantitative estimate of drug-likeness (QED) is 0.0413. The largest absolute Gasteiger partial charge is 0.507 e. The highest BCUT2D eigenvalue weighted by Gasteiger charge is 2.24. The van der Waals surface area contributed by atoms with E-state index in [1.165, 1.54) is 26.4 Å². The van der Waals surface area contributed by atoms with Crippen molar-refractivity contribution in [3.8, 4) is 17.2 Å². The molecule has 0 bridgehead atoms. The van der Waals surface area contributed by atoms with Crippen molar-refractivity contribution >= 4 is 96.4 Å². The summed E-state index contributed by atoms with van der Waals surface area (Å²) in [7, 11) is -15.4. The summed E-state index contributed by atoms with van der Waals surface area (Å²) in [5.41, 5.74) is -1.02. The lowest BCUT2D eigenvalue weighted by molar-refractivity contribution is -0.116. The smallest absolute Gasteiger partial charge is 0.296 e. The summed E-state index contributed by atoms with van der Waals surface area (Å²) >= 11 is 0. The van der Waals surface area contributed by atoms with Gasteiger partial charge >= 0.3 is 0 Å². The minimum atomic E-state index is -5.23. The van der Waals surface area contributed by atoms with Gasteiger partial charge in [0.05, 0.1) is 41.6 Å². The molecule has 0 unspecified atom stereocenters. The third-order valence-electron chi connectivity index (χ3n) is 8.62. The van der Waals surface area contributed by atoms with Crippen LogP contribution in [0.3, 0.4) is 0 Å². The number of hydrogen-bond acceptors (Lipinski definition) is 17. The Morgan fingerprint density at radius 3 is 1.98 bits per heavy atom. The standard InChI is InChI=1S/C38H36N6O14S4/c1-5-59(47,48)16-10-13-36(46)40-27-19-30(34(62(54,55)56)21-28(27)41-42-29-20-33(58-4)35(22-32(29)57-3)60(49,50)6-2)43-44-38-26(39-24-11-8-7-9-12-24)15-14-23-17-25(61(51,52)53)18-31(45)37(23)38/h5-9,11-12,14-15,17-22,39,45H,1-2,10,13,16H2,3-4H3,(H,40,46)(H,51,52,53)(H,54,55,56)/b42-41+,44-43+. The molecule has 24 heteroatoms. The van der Waals surface area contributed by atoms with Gasteiger partial charge in [0.1, 0.15) is 49.8 Å².